The van der Waals surface area contributed by atoms with Crippen LogP contribution in [0.2, 0.25) is 0 Å². The average molecular weight is 406 g/mol. The summed E-state index contributed by atoms with van der Waals surface area (Å²) < 4.78 is 78.5. The van der Waals surface area contributed by atoms with Gasteiger partial charge in [-0.2, -0.15) is 31.6 Å². The van der Waals surface area contributed by atoms with Gasteiger partial charge in [0, 0.05) is 11.1 Å². The molecule has 0 N–H and O–H groups in total. The van der Waals surface area contributed by atoms with E-state index in [0.29, 0.717) is 5.69 Å². The highest BCUT2D eigenvalue weighted by molar-refractivity contribution is 5.81. The molecule has 1 aromatic heterocycles. The number of rotatable bonds is 3. The number of nitrogens with zero attached hydrogens (tertiary/aromatic N) is 2. The molecule has 3 aromatic rings. The molecule has 0 saturated heterocycles. The van der Waals surface area contributed by atoms with Gasteiger partial charge in [-0.15, -0.1) is 0 Å². The second-order valence-electron chi connectivity index (χ2n) is 6.19. The maximum absolute atomic E-state index is 13.1. The van der Waals surface area contributed by atoms with Crippen LogP contribution in [0.4, 0.5) is 26.3 Å². The Morgan fingerprint density at radius 1 is 0.759 bits per heavy atom. The molecule has 0 atom stereocenters. The van der Waals surface area contributed by atoms with Gasteiger partial charge in [0.1, 0.15) is 0 Å². The van der Waals surface area contributed by atoms with Gasteiger partial charge in [-0.25, -0.2) is 0 Å². The molecule has 0 unspecified atom stereocenters. The highest BCUT2D eigenvalue weighted by atomic mass is 19.4. The molecule has 0 aliphatic heterocycles. The van der Waals surface area contributed by atoms with Crippen LogP contribution in [-0.4, -0.2) is 4.98 Å². The molecule has 1 heterocycles. The summed E-state index contributed by atoms with van der Waals surface area (Å²) in [7, 11) is 0. The van der Waals surface area contributed by atoms with Crippen LogP contribution >= 0.6 is 0 Å². The van der Waals surface area contributed by atoms with Crippen LogP contribution in [0.5, 0.6) is 0 Å². The Labute approximate surface area is 162 Å². The van der Waals surface area contributed by atoms with Gasteiger partial charge in [0.05, 0.1) is 35.0 Å². The first kappa shape index (κ1) is 20.4. The van der Waals surface area contributed by atoms with E-state index in [0.717, 1.165) is 24.3 Å². The van der Waals surface area contributed by atoms with Gasteiger partial charge in [0.2, 0.25) is 0 Å². The zero-order valence-electron chi connectivity index (χ0n) is 14.6. The van der Waals surface area contributed by atoms with E-state index in [1.807, 2.05) is 6.07 Å². The quantitative estimate of drug-likeness (QED) is 0.465. The zero-order valence-corrected chi connectivity index (χ0v) is 14.6. The molecule has 0 aliphatic rings. The molecule has 0 saturated carbocycles. The van der Waals surface area contributed by atoms with E-state index in [2.05, 4.69) is 4.98 Å². The minimum atomic E-state index is -4.59. The highest BCUT2D eigenvalue weighted by Gasteiger charge is 2.32. The van der Waals surface area contributed by atoms with Crippen molar-refractivity contribution in [2.75, 3.05) is 0 Å². The smallest absolute Gasteiger partial charge is 0.251 e. The number of pyridine rings is 1. The van der Waals surface area contributed by atoms with Gasteiger partial charge in [-0.05, 0) is 35.9 Å². The zero-order chi connectivity index (χ0) is 21.2. The average Bonchev–Trinajstić information content (AvgIpc) is 2.67. The van der Waals surface area contributed by atoms with Crippen molar-refractivity contribution in [3.05, 3.63) is 77.5 Å². The third kappa shape index (κ3) is 4.57. The molecule has 0 aliphatic carbocycles. The Balaban J connectivity index is 2.22. The Morgan fingerprint density at radius 3 is 1.86 bits per heavy atom. The second kappa shape index (κ2) is 7.59. The van der Waals surface area contributed by atoms with Gasteiger partial charge >= 0.3 is 12.4 Å². The van der Waals surface area contributed by atoms with E-state index in [1.165, 1.54) is 36.4 Å². The monoisotopic (exact) mass is 406 g/mol. The molecule has 0 bridgehead atoms. The molecule has 29 heavy (non-hydrogen) atoms. The summed E-state index contributed by atoms with van der Waals surface area (Å²) in [4.78, 5) is 4.25. The fourth-order valence-corrected chi connectivity index (χ4v) is 2.84. The standard InChI is InChI=1S/C21H12F6N2/c22-20(23,24)15-5-1-3-13(11-15)18-8-7-17(9-10-28)29-19(18)14-4-2-6-16(12-14)21(25,26)27/h1-8,11-12H,9H2. The first-order chi connectivity index (χ1) is 13.6. The maximum atomic E-state index is 13.1. The van der Waals surface area contributed by atoms with Crippen molar-refractivity contribution in [2.24, 2.45) is 0 Å². The van der Waals surface area contributed by atoms with E-state index >= 15 is 0 Å². The molecular formula is C21H12F6N2. The summed E-state index contributed by atoms with van der Waals surface area (Å²) in [5.41, 5.74) is -0.935. The van der Waals surface area contributed by atoms with Gasteiger partial charge in [0.25, 0.3) is 0 Å². The first-order valence-corrected chi connectivity index (χ1v) is 8.32. The van der Waals surface area contributed by atoms with E-state index < -0.39 is 23.5 Å². The SMILES string of the molecule is N#CCc1ccc(-c2cccc(C(F)(F)F)c2)c(-c2cccc(C(F)(F)F)c2)n1. The lowest BCUT2D eigenvalue weighted by atomic mass is 9.96. The van der Waals surface area contributed by atoms with Gasteiger partial charge in [0.15, 0.2) is 0 Å². The van der Waals surface area contributed by atoms with Crippen molar-refractivity contribution in [3.63, 3.8) is 0 Å². The molecule has 8 heteroatoms. The van der Waals surface area contributed by atoms with Crippen LogP contribution in [0, 0.1) is 11.3 Å². The predicted molar refractivity (Wildman–Crippen MR) is 94.4 cm³/mol. The Morgan fingerprint density at radius 2 is 1.31 bits per heavy atom. The summed E-state index contributed by atoms with van der Waals surface area (Å²) in [5.74, 6) is 0. The summed E-state index contributed by atoms with van der Waals surface area (Å²) in [6.45, 7) is 0. The second-order valence-corrected chi connectivity index (χ2v) is 6.19. The fraction of sp³-hybridized carbons (Fsp3) is 0.143. The maximum Gasteiger partial charge on any atom is 0.416 e. The summed E-state index contributed by atoms with van der Waals surface area (Å²) in [6.07, 6.45) is -9.24. The molecule has 0 amide bonds. The minimum absolute atomic E-state index is 0.0724. The number of alkyl halides is 6. The van der Waals surface area contributed by atoms with Gasteiger partial charge < -0.3 is 0 Å². The summed E-state index contributed by atoms with van der Waals surface area (Å²) >= 11 is 0. The van der Waals surface area contributed by atoms with Crippen molar-refractivity contribution < 1.29 is 26.3 Å². The van der Waals surface area contributed by atoms with E-state index in [1.54, 1.807) is 0 Å². The Bertz CT molecular complexity index is 1080. The number of nitriles is 1. The lowest BCUT2D eigenvalue weighted by Crippen LogP contribution is -2.06. The first-order valence-electron chi connectivity index (χ1n) is 8.32. The molecular weight excluding hydrogens is 394 g/mol. The van der Waals surface area contributed by atoms with E-state index in [-0.39, 0.29) is 28.8 Å². The molecule has 3 rings (SSSR count). The molecule has 0 fully saturated rings. The van der Waals surface area contributed by atoms with Gasteiger partial charge in [-0.1, -0.05) is 30.3 Å². The van der Waals surface area contributed by atoms with Crippen molar-refractivity contribution in [1.82, 2.24) is 4.98 Å². The molecule has 0 radical (unpaired) electrons. The summed E-state index contributed by atoms with van der Waals surface area (Å²) in [5, 5.41) is 8.88. The van der Waals surface area contributed by atoms with Crippen LogP contribution in [0.1, 0.15) is 16.8 Å². The van der Waals surface area contributed by atoms with Crippen molar-refractivity contribution in [3.8, 4) is 28.5 Å². The molecule has 148 valence electrons. The topological polar surface area (TPSA) is 36.7 Å². The van der Waals surface area contributed by atoms with Crippen LogP contribution in [0.25, 0.3) is 22.4 Å². The van der Waals surface area contributed by atoms with Crippen molar-refractivity contribution >= 4 is 0 Å². The Kier molecular flexibility index (Phi) is 5.33. The van der Waals surface area contributed by atoms with Gasteiger partial charge in [-0.3, -0.25) is 4.98 Å². The van der Waals surface area contributed by atoms with Crippen LogP contribution < -0.4 is 0 Å². The van der Waals surface area contributed by atoms with Crippen molar-refractivity contribution in [2.45, 2.75) is 18.8 Å². The normalized spacial score (nSPS) is 11.9. The van der Waals surface area contributed by atoms with Crippen LogP contribution in [-0.2, 0) is 18.8 Å². The Hall–Kier alpha value is -3.34. The number of benzene rings is 2. The summed E-state index contributed by atoms with van der Waals surface area (Å²) in [6, 6.07) is 13.7. The minimum Gasteiger partial charge on any atom is -0.251 e. The number of hydrogen-bond acceptors (Lipinski definition) is 2. The molecule has 2 nitrogen and oxygen atoms in total. The number of hydrogen-bond donors (Lipinski definition) is 0. The van der Waals surface area contributed by atoms with E-state index in [9.17, 15) is 26.3 Å². The number of halogens is 6. The lowest BCUT2D eigenvalue weighted by Gasteiger charge is -2.14. The largest absolute Gasteiger partial charge is 0.416 e. The van der Waals surface area contributed by atoms with Crippen molar-refractivity contribution in [1.29, 1.82) is 5.26 Å². The third-order valence-electron chi connectivity index (χ3n) is 4.18. The number of aromatic nitrogens is 1. The lowest BCUT2D eigenvalue weighted by molar-refractivity contribution is -0.138. The fourth-order valence-electron chi connectivity index (χ4n) is 2.84. The molecule has 0 spiro atoms. The van der Waals surface area contributed by atoms with E-state index in [4.69, 9.17) is 5.26 Å². The van der Waals surface area contributed by atoms with Crippen LogP contribution in [0.3, 0.4) is 0 Å². The predicted octanol–water partition coefficient (Wildman–Crippen LogP) is 6.52. The third-order valence-corrected chi connectivity index (χ3v) is 4.18. The highest BCUT2D eigenvalue weighted by Crippen LogP contribution is 2.37. The molecule has 2 aromatic carbocycles. The van der Waals surface area contributed by atoms with Crippen LogP contribution in [0.15, 0.2) is 60.7 Å².